The molecule has 0 aromatic rings. The lowest BCUT2D eigenvalue weighted by molar-refractivity contribution is -0.146. The summed E-state index contributed by atoms with van der Waals surface area (Å²) >= 11 is 3.65. The number of rotatable bonds is 4. The molecule has 1 rings (SSSR count). The second-order valence-electron chi connectivity index (χ2n) is 4.25. The van der Waals surface area contributed by atoms with Crippen molar-refractivity contribution in [2.45, 2.75) is 31.1 Å². The molecule has 0 aliphatic carbocycles. The molecule has 0 bridgehead atoms. The van der Waals surface area contributed by atoms with Gasteiger partial charge in [0.2, 0.25) is 5.91 Å². The first-order chi connectivity index (χ1) is 7.42. The summed E-state index contributed by atoms with van der Waals surface area (Å²) in [5, 5.41) is 11.7. The lowest BCUT2D eigenvalue weighted by Crippen LogP contribution is -2.50. The predicted molar refractivity (Wildman–Crippen MR) is 68.0 cm³/mol. The van der Waals surface area contributed by atoms with E-state index >= 15 is 0 Å². The van der Waals surface area contributed by atoms with Crippen molar-refractivity contribution in [3.63, 3.8) is 0 Å². The maximum Gasteiger partial charge on any atom is 0.328 e. The first kappa shape index (κ1) is 13.7. The minimum absolute atomic E-state index is 0.174. The Balaban J connectivity index is 2.37. The van der Waals surface area contributed by atoms with E-state index in [1.807, 2.05) is 11.8 Å². The van der Waals surface area contributed by atoms with Gasteiger partial charge in [0, 0.05) is 28.9 Å². The lowest BCUT2D eigenvalue weighted by atomic mass is 10.1. The first-order valence-electron chi connectivity index (χ1n) is 5.15. The molecule has 1 aliphatic rings. The van der Waals surface area contributed by atoms with Crippen LogP contribution in [0.1, 0.15) is 20.3 Å². The van der Waals surface area contributed by atoms with E-state index in [0.717, 1.165) is 17.3 Å². The summed E-state index contributed by atoms with van der Waals surface area (Å²) in [6, 6.07) is 0. The quantitative estimate of drug-likeness (QED) is 0.798. The molecule has 1 amide bonds. The number of carbonyl (C=O) groups is 2. The zero-order chi connectivity index (χ0) is 12.2. The van der Waals surface area contributed by atoms with Crippen molar-refractivity contribution in [2.24, 2.45) is 0 Å². The Morgan fingerprint density at radius 2 is 2.12 bits per heavy atom. The standard InChI is InChI=1S/C10H17NO3S2/c1-10(2,9(13)14)11-8(12)5-7-6-15-3-4-16-7/h7H,3-6H2,1-2H3,(H,11,12)(H,13,14). The predicted octanol–water partition coefficient (Wildman–Crippen LogP) is 1.20. The lowest BCUT2D eigenvalue weighted by Gasteiger charge is -2.24. The molecule has 16 heavy (non-hydrogen) atoms. The largest absolute Gasteiger partial charge is 0.480 e. The molecule has 92 valence electrons. The van der Waals surface area contributed by atoms with Crippen molar-refractivity contribution < 1.29 is 14.7 Å². The molecular formula is C10H17NO3S2. The van der Waals surface area contributed by atoms with E-state index in [9.17, 15) is 9.59 Å². The van der Waals surface area contributed by atoms with Crippen LogP contribution in [0.3, 0.4) is 0 Å². The number of aliphatic carboxylic acids is 1. The van der Waals surface area contributed by atoms with Gasteiger partial charge < -0.3 is 10.4 Å². The Hall–Kier alpha value is -0.360. The molecule has 1 atom stereocenters. The molecular weight excluding hydrogens is 246 g/mol. The van der Waals surface area contributed by atoms with E-state index < -0.39 is 11.5 Å². The van der Waals surface area contributed by atoms with Crippen LogP contribution < -0.4 is 5.32 Å². The van der Waals surface area contributed by atoms with Crippen LogP contribution in [0.15, 0.2) is 0 Å². The fourth-order valence-electron chi connectivity index (χ4n) is 1.31. The Labute approximate surface area is 104 Å². The van der Waals surface area contributed by atoms with Crippen molar-refractivity contribution in [3.8, 4) is 0 Å². The molecule has 4 nitrogen and oxygen atoms in total. The van der Waals surface area contributed by atoms with E-state index in [0.29, 0.717) is 11.7 Å². The van der Waals surface area contributed by atoms with Crippen LogP contribution in [0, 0.1) is 0 Å². The van der Waals surface area contributed by atoms with Gasteiger partial charge in [0.25, 0.3) is 0 Å². The second kappa shape index (κ2) is 5.82. The maximum atomic E-state index is 11.6. The van der Waals surface area contributed by atoms with Gasteiger partial charge >= 0.3 is 5.97 Å². The molecule has 1 unspecified atom stereocenters. The summed E-state index contributed by atoms with van der Waals surface area (Å²) in [5.74, 6) is 2.01. The van der Waals surface area contributed by atoms with Gasteiger partial charge in [0.05, 0.1) is 0 Å². The second-order valence-corrected chi connectivity index (χ2v) is 6.81. The number of carboxylic acid groups (broad SMARTS) is 1. The van der Waals surface area contributed by atoms with Gasteiger partial charge in [-0.1, -0.05) is 0 Å². The number of amides is 1. The molecule has 2 N–H and O–H groups in total. The first-order valence-corrected chi connectivity index (χ1v) is 7.36. The summed E-state index contributed by atoms with van der Waals surface area (Å²) in [6.45, 7) is 2.99. The van der Waals surface area contributed by atoms with Gasteiger partial charge in [-0.15, -0.1) is 0 Å². The number of carboxylic acids is 1. The Kier molecular flexibility index (Phi) is 4.98. The van der Waals surface area contributed by atoms with Crippen LogP contribution in [-0.4, -0.2) is 45.0 Å². The third-order valence-corrected chi connectivity index (χ3v) is 5.13. The van der Waals surface area contributed by atoms with Gasteiger partial charge in [0.1, 0.15) is 5.54 Å². The van der Waals surface area contributed by atoms with Crippen molar-refractivity contribution >= 4 is 35.4 Å². The monoisotopic (exact) mass is 263 g/mol. The number of hydrogen-bond donors (Lipinski definition) is 2. The van der Waals surface area contributed by atoms with Crippen molar-refractivity contribution in [3.05, 3.63) is 0 Å². The average Bonchev–Trinajstić information content (AvgIpc) is 2.17. The molecule has 0 aromatic heterocycles. The highest BCUT2D eigenvalue weighted by atomic mass is 32.2. The number of hydrogen-bond acceptors (Lipinski definition) is 4. The average molecular weight is 263 g/mol. The summed E-state index contributed by atoms with van der Waals surface area (Å²) in [6.07, 6.45) is 0.411. The van der Waals surface area contributed by atoms with E-state index in [1.165, 1.54) is 13.8 Å². The van der Waals surface area contributed by atoms with Gasteiger partial charge in [-0.2, -0.15) is 23.5 Å². The van der Waals surface area contributed by atoms with Gasteiger partial charge in [0.15, 0.2) is 0 Å². The van der Waals surface area contributed by atoms with Crippen molar-refractivity contribution in [2.75, 3.05) is 17.3 Å². The minimum atomic E-state index is -1.18. The summed E-state index contributed by atoms with van der Waals surface area (Å²) in [7, 11) is 0. The van der Waals surface area contributed by atoms with Gasteiger partial charge in [-0.3, -0.25) is 4.79 Å². The normalized spacial score (nSPS) is 21.5. The highest BCUT2D eigenvalue weighted by Gasteiger charge is 2.30. The topological polar surface area (TPSA) is 66.4 Å². The van der Waals surface area contributed by atoms with Gasteiger partial charge in [-0.05, 0) is 13.8 Å². The SMILES string of the molecule is CC(C)(NC(=O)CC1CSCCS1)C(=O)O. The van der Waals surface area contributed by atoms with Crippen LogP contribution >= 0.6 is 23.5 Å². The van der Waals surface area contributed by atoms with Crippen LogP contribution in [0.25, 0.3) is 0 Å². The number of nitrogens with one attached hydrogen (secondary N) is 1. The summed E-state index contributed by atoms with van der Waals surface area (Å²) in [4.78, 5) is 22.5. The Bertz CT molecular complexity index is 275. The molecule has 1 fully saturated rings. The molecule has 0 saturated carbocycles. The van der Waals surface area contributed by atoms with E-state index in [4.69, 9.17) is 5.11 Å². The molecule has 1 heterocycles. The van der Waals surface area contributed by atoms with Crippen molar-refractivity contribution in [1.82, 2.24) is 5.32 Å². The zero-order valence-corrected chi connectivity index (χ0v) is 11.1. The zero-order valence-electron chi connectivity index (χ0n) is 9.49. The number of carbonyl (C=O) groups excluding carboxylic acids is 1. The highest BCUT2D eigenvalue weighted by Crippen LogP contribution is 2.26. The Morgan fingerprint density at radius 1 is 1.44 bits per heavy atom. The third kappa shape index (κ3) is 4.25. The van der Waals surface area contributed by atoms with E-state index in [2.05, 4.69) is 5.32 Å². The van der Waals surface area contributed by atoms with E-state index in [1.54, 1.807) is 11.8 Å². The minimum Gasteiger partial charge on any atom is -0.480 e. The molecule has 6 heteroatoms. The summed E-state index contributed by atoms with van der Waals surface area (Å²) in [5.41, 5.74) is -1.18. The van der Waals surface area contributed by atoms with E-state index in [-0.39, 0.29) is 5.91 Å². The fourth-order valence-corrected chi connectivity index (χ4v) is 3.99. The molecule has 0 aromatic carbocycles. The van der Waals surface area contributed by atoms with Crippen molar-refractivity contribution in [1.29, 1.82) is 0 Å². The van der Waals surface area contributed by atoms with Crippen LogP contribution in [-0.2, 0) is 9.59 Å². The smallest absolute Gasteiger partial charge is 0.328 e. The van der Waals surface area contributed by atoms with Crippen LogP contribution in [0.5, 0.6) is 0 Å². The third-order valence-electron chi connectivity index (χ3n) is 2.28. The Morgan fingerprint density at radius 3 is 2.62 bits per heavy atom. The molecule has 1 saturated heterocycles. The molecule has 0 spiro atoms. The molecule has 0 radical (unpaired) electrons. The molecule has 1 aliphatic heterocycles. The fraction of sp³-hybridized carbons (Fsp3) is 0.800. The van der Waals surface area contributed by atoms with Crippen LogP contribution in [0.2, 0.25) is 0 Å². The highest BCUT2D eigenvalue weighted by molar-refractivity contribution is 8.06. The number of thioether (sulfide) groups is 2. The van der Waals surface area contributed by atoms with Gasteiger partial charge in [-0.25, -0.2) is 4.79 Å². The maximum absolute atomic E-state index is 11.6. The van der Waals surface area contributed by atoms with Crippen LogP contribution in [0.4, 0.5) is 0 Å². The summed E-state index contributed by atoms with van der Waals surface area (Å²) < 4.78 is 0.